The highest BCUT2D eigenvalue weighted by Crippen LogP contribution is 2.30. The van der Waals surface area contributed by atoms with Gasteiger partial charge in [-0.1, -0.05) is 29.8 Å². The van der Waals surface area contributed by atoms with E-state index in [9.17, 15) is 0 Å². The molecule has 100 valence electrons. The first-order chi connectivity index (χ1) is 9.26. The Bertz CT molecular complexity index is 566. The molecule has 19 heavy (non-hydrogen) atoms. The van der Waals surface area contributed by atoms with Gasteiger partial charge in [-0.15, -0.1) is 11.3 Å². The molecule has 0 bridgehead atoms. The van der Waals surface area contributed by atoms with E-state index in [1.165, 1.54) is 0 Å². The van der Waals surface area contributed by atoms with Crippen LogP contribution < -0.4 is 0 Å². The average Bonchev–Trinajstić information content (AvgIpc) is 2.82. The Hall–Kier alpha value is -0.940. The third kappa shape index (κ3) is 2.82. The van der Waals surface area contributed by atoms with Gasteiger partial charge in [-0.2, -0.15) is 0 Å². The van der Waals surface area contributed by atoms with Crippen molar-refractivity contribution < 1.29 is 5.11 Å². The fourth-order valence-corrected chi connectivity index (χ4v) is 3.42. The highest BCUT2D eigenvalue weighted by Gasteiger charge is 2.26. The van der Waals surface area contributed by atoms with Crippen molar-refractivity contribution in [1.29, 1.82) is 0 Å². The first-order valence-corrected chi connectivity index (χ1v) is 7.54. The van der Waals surface area contributed by atoms with Crippen molar-refractivity contribution in [2.75, 3.05) is 19.7 Å². The molecule has 0 aliphatic carbocycles. The van der Waals surface area contributed by atoms with E-state index in [0.29, 0.717) is 12.5 Å². The van der Waals surface area contributed by atoms with Crippen molar-refractivity contribution in [3.8, 4) is 10.6 Å². The summed E-state index contributed by atoms with van der Waals surface area (Å²) in [6.07, 6.45) is 0. The highest BCUT2D eigenvalue weighted by molar-refractivity contribution is 7.13. The van der Waals surface area contributed by atoms with Crippen LogP contribution in [0.5, 0.6) is 0 Å². The van der Waals surface area contributed by atoms with Gasteiger partial charge in [0.2, 0.25) is 0 Å². The van der Waals surface area contributed by atoms with E-state index in [0.717, 1.165) is 40.9 Å². The van der Waals surface area contributed by atoms with Crippen molar-refractivity contribution in [2.45, 2.75) is 6.54 Å². The van der Waals surface area contributed by atoms with E-state index in [-0.39, 0.29) is 0 Å². The minimum Gasteiger partial charge on any atom is -0.396 e. The number of thiazole rings is 1. The quantitative estimate of drug-likeness (QED) is 0.942. The van der Waals surface area contributed by atoms with Crippen molar-refractivity contribution in [3.05, 3.63) is 40.4 Å². The second-order valence-corrected chi connectivity index (χ2v) is 6.13. The number of halogens is 1. The van der Waals surface area contributed by atoms with E-state index in [4.69, 9.17) is 16.7 Å². The van der Waals surface area contributed by atoms with Gasteiger partial charge >= 0.3 is 0 Å². The average molecular weight is 295 g/mol. The van der Waals surface area contributed by atoms with Gasteiger partial charge in [0.05, 0.1) is 10.7 Å². The summed E-state index contributed by atoms with van der Waals surface area (Å²) >= 11 is 7.81. The van der Waals surface area contributed by atoms with Crippen LogP contribution in [0.1, 0.15) is 5.69 Å². The molecular formula is C14H15ClN2OS. The topological polar surface area (TPSA) is 36.4 Å². The molecule has 0 spiro atoms. The van der Waals surface area contributed by atoms with E-state index in [1.54, 1.807) is 11.3 Å². The molecule has 1 aliphatic heterocycles. The van der Waals surface area contributed by atoms with E-state index < -0.39 is 0 Å². The summed E-state index contributed by atoms with van der Waals surface area (Å²) in [7, 11) is 0. The van der Waals surface area contributed by atoms with Crippen molar-refractivity contribution in [1.82, 2.24) is 9.88 Å². The van der Waals surface area contributed by atoms with Crippen LogP contribution in [0.3, 0.4) is 0 Å². The largest absolute Gasteiger partial charge is 0.396 e. The Morgan fingerprint density at radius 1 is 1.37 bits per heavy atom. The summed E-state index contributed by atoms with van der Waals surface area (Å²) in [6, 6.07) is 7.79. The SMILES string of the molecule is OCC1CN(Cc2csc(-c3ccccc3Cl)n2)C1. The maximum Gasteiger partial charge on any atom is 0.125 e. The Kier molecular flexibility index (Phi) is 3.84. The number of benzene rings is 1. The molecule has 0 unspecified atom stereocenters. The molecule has 3 nitrogen and oxygen atoms in total. The van der Waals surface area contributed by atoms with Crippen LogP contribution in [0.15, 0.2) is 29.6 Å². The maximum absolute atomic E-state index is 9.00. The maximum atomic E-state index is 9.00. The molecule has 1 aromatic heterocycles. The normalized spacial score (nSPS) is 16.5. The summed E-state index contributed by atoms with van der Waals surface area (Å²) < 4.78 is 0. The number of likely N-dealkylation sites (tertiary alicyclic amines) is 1. The third-order valence-electron chi connectivity index (χ3n) is 3.33. The minimum atomic E-state index is 0.290. The molecule has 0 radical (unpaired) electrons. The molecule has 0 amide bonds. The van der Waals surface area contributed by atoms with Crippen molar-refractivity contribution in [2.24, 2.45) is 5.92 Å². The Morgan fingerprint density at radius 3 is 2.89 bits per heavy atom. The predicted molar refractivity (Wildman–Crippen MR) is 78.4 cm³/mol. The van der Waals surface area contributed by atoms with Gasteiger partial charge in [-0.05, 0) is 6.07 Å². The number of rotatable bonds is 4. The van der Waals surface area contributed by atoms with Crippen LogP contribution >= 0.6 is 22.9 Å². The second-order valence-electron chi connectivity index (χ2n) is 4.87. The molecule has 2 aromatic rings. The van der Waals surface area contributed by atoms with Crippen LogP contribution in [0.2, 0.25) is 5.02 Å². The summed E-state index contributed by atoms with van der Waals surface area (Å²) in [6.45, 7) is 3.08. The summed E-state index contributed by atoms with van der Waals surface area (Å²) in [5.41, 5.74) is 2.08. The molecular weight excluding hydrogens is 280 g/mol. The molecule has 3 rings (SSSR count). The molecule has 0 saturated carbocycles. The Balaban J connectivity index is 1.69. The molecule has 1 saturated heterocycles. The van der Waals surface area contributed by atoms with Gasteiger partial charge in [0, 0.05) is 43.1 Å². The molecule has 1 fully saturated rings. The lowest BCUT2D eigenvalue weighted by Gasteiger charge is -2.37. The van der Waals surface area contributed by atoms with Crippen LogP contribution in [-0.4, -0.2) is 34.7 Å². The zero-order valence-electron chi connectivity index (χ0n) is 10.4. The van der Waals surface area contributed by atoms with Crippen LogP contribution in [-0.2, 0) is 6.54 Å². The standard InChI is InChI=1S/C14H15ClN2OS/c15-13-4-2-1-3-12(13)14-16-11(9-19-14)7-17-5-10(6-17)8-18/h1-4,9-10,18H,5-8H2. The Morgan fingerprint density at radius 2 is 2.16 bits per heavy atom. The fourth-order valence-electron chi connectivity index (χ4n) is 2.29. The van der Waals surface area contributed by atoms with E-state index in [2.05, 4.69) is 15.3 Å². The summed E-state index contributed by atoms with van der Waals surface area (Å²) in [5, 5.41) is 12.8. The number of hydrogen-bond donors (Lipinski definition) is 1. The van der Waals surface area contributed by atoms with Crippen molar-refractivity contribution >= 4 is 22.9 Å². The fraction of sp³-hybridized carbons (Fsp3) is 0.357. The molecule has 0 atom stereocenters. The lowest BCUT2D eigenvalue weighted by molar-refractivity contribution is 0.0471. The van der Waals surface area contributed by atoms with Gasteiger partial charge in [0.1, 0.15) is 5.01 Å². The van der Waals surface area contributed by atoms with Crippen LogP contribution in [0, 0.1) is 5.92 Å². The number of aromatic nitrogens is 1. The number of aliphatic hydroxyl groups excluding tert-OH is 1. The van der Waals surface area contributed by atoms with Crippen LogP contribution in [0.4, 0.5) is 0 Å². The molecule has 1 N–H and O–H groups in total. The summed E-state index contributed by atoms with van der Waals surface area (Å²) in [4.78, 5) is 6.94. The predicted octanol–water partition coefficient (Wildman–Crippen LogP) is 2.89. The van der Waals surface area contributed by atoms with E-state index in [1.807, 2.05) is 24.3 Å². The lowest BCUT2D eigenvalue weighted by Crippen LogP contribution is -2.47. The second kappa shape index (κ2) is 5.59. The first-order valence-electron chi connectivity index (χ1n) is 6.29. The monoisotopic (exact) mass is 294 g/mol. The van der Waals surface area contributed by atoms with Crippen molar-refractivity contribution in [3.63, 3.8) is 0 Å². The summed E-state index contributed by atoms with van der Waals surface area (Å²) in [5.74, 6) is 0.446. The molecule has 2 heterocycles. The van der Waals surface area contributed by atoms with Crippen LogP contribution in [0.25, 0.3) is 10.6 Å². The molecule has 1 aromatic carbocycles. The number of hydrogen-bond acceptors (Lipinski definition) is 4. The van der Waals surface area contributed by atoms with Gasteiger partial charge in [0.25, 0.3) is 0 Å². The first kappa shape index (κ1) is 13.1. The Labute approximate surface area is 121 Å². The number of nitrogens with zero attached hydrogens (tertiary/aromatic N) is 2. The van der Waals surface area contributed by atoms with Gasteiger partial charge < -0.3 is 5.11 Å². The van der Waals surface area contributed by atoms with Gasteiger partial charge in [-0.3, -0.25) is 4.90 Å². The van der Waals surface area contributed by atoms with E-state index >= 15 is 0 Å². The smallest absolute Gasteiger partial charge is 0.125 e. The zero-order chi connectivity index (χ0) is 13.2. The van der Waals surface area contributed by atoms with Gasteiger partial charge in [-0.25, -0.2) is 4.98 Å². The molecule has 5 heteroatoms. The molecule has 1 aliphatic rings. The third-order valence-corrected chi connectivity index (χ3v) is 4.59. The zero-order valence-corrected chi connectivity index (χ0v) is 12.0. The number of aliphatic hydroxyl groups is 1. The minimum absolute atomic E-state index is 0.290. The van der Waals surface area contributed by atoms with Gasteiger partial charge in [0.15, 0.2) is 0 Å². The lowest BCUT2D eigenvalue weighted by atomic mass is 10.0. The highest BCUT2D eigenvalue weighted by atomic mass is 35.5.